The van der Waals surface area contributed by atoms with Crippen LogP contribution >= 0.6 is 11.8 Å². The number of benzene rings is 3. The Morgan fingerprint density at radius 1 is 0.943 bits per heavy atom. The number of amides is 1. The molecule has 0 unspecified atom stereocenters. The molecule has 35 heavy (non-hydrogen) atoms. The SMILES string of the molecule is Cc1noc(C)c1COc1ccccc1C(=O)OCC(=O)Nc1ccccc1Sc1ccccc1. The molecule has 1 amide bonds. The number of carbonyl (C=O) groups is 2. The van der Waals surface area contributed by atoms with Crippen LogP contribution in [-0.4, -0.2) is 23.6 Å². The molecule has 178 valence electrons. The van der Waals surface area contributed by atoms with Crippen LogP contribution < -0.4 is 10.1 Å². The minimum absolute atomic E-state index is 0.196. The highest BCUT2D eigenvalue weighted by Gasteiger charge is 2.17. The van der Waals surface area contributed by atoms with Gasteiger partial charge in [0.05, 0.1) is 16.9 Å². The molecule has 4 aromatic rings. The predicted octanol–water partition coefficient (Wildman–Crippen LogP) is 5.82. The van der Waals surface area contributed by atoms with Gasteiger partial charge in [-0.25, -0.2) is 4.79 Å². The fraction of sp³-hybridized carbons (Fsp3) is 0.148. The molecule has 3 aromatic carbocycles. The summed E-state index contributed by atoms with van der Waals surface area (Å²) < 4.78 is 16.3. The van der Waals surface area contributed by atoms with Gasteiger partial charge in [0.15, 0.2) is 6.61 Å². The Hall–Kier alpha value is -4.04. The van der Waals surface area contributed by atoms with Crippen LogP contribution in [0.25, 0.3) is 0 Å². The molecule has 0 saturated carbocycles. The van der Waals surface area contributed by atoms with Crippen LogP contribution in [0.1, 0.15) is 27.4 Å². The number of ether oxygens (including phenoxy) is 2. The van der Waals surface area contributed by atoms with Crippen molar-refractivity contribution in [1.29, 1.82) is 0 Å². The van der Waals surface area contributed by atoms with Crippen molar-refractivity contribution in [2.45, 2.75) is 30.2 Å². The molecule has 1 heterocycles. The summed E-state index contributed by atoms with van der Waals surface area (Å²) in [6.07, 6.45) is 0. The first-order valence-corrected chi connectivity index (χ1v) is 11.8. The Balaban J connectivity index is 1.36. The Labute approximate surface area is 207 Å². The predicted molar refractivity (Wildman–Crippen MR) is 133 cm³/mol. The number of hydrogen-bond donors (Lipinski definition) is 1. The van der Waals surface area contributed by atoms with Crippen LogP contribution in [0, 0.1) is 13.8 Å². The Morgan fingerprint density at radius 3 is 2.43 bits per heavy atom. The Kier molecular flexibility index (Phi) is 7.84. The summed E-state index contributed by atoms with van der Waals surface area (Å²) in [4.78, 5) is 27.2. The van der Waals surface area contributed by atoms with Gasteiger partial charge in [-0.05, 0) is 50.2 Å². The van der Waals surface area contributed by atoms with Gasteiger partial charge in [-0.15, -0.1) is 0 Å². The lowest BCUT2D eigenvalue weighted by atomic mass is 10.2. The van der Waals surface area contributed by atoms with Gasteiger partial charge in [0.25, 0.3) is 5.91 Å². The van der Waals surface area contributed by atoms with E-state index < -0.39 is 18.5 Å². The zero-order valence-corrected chi connectivity index (χ0v) is 20.1. The number of rotatable bonds is 9. The lowest BCUT2D eigenvalue weighted by molar-refractivity contribution is -0.119. The summed E-state index contributed by atoms with van der Waals surface area (Å²) in [7, 11) is 0. The van der Waals surface area contributed by atoms with Gasteiger partial charge in [0, 0.05) is 9.79 Å². The van der Waals surface area contributed by atoms with Gasteiger partial charge in [0.2, 0.25) is 0 Å². The van der Waals surface area contributed by atoms with Gasteiger partial charge in [-0.3, -0.25) is 4.79 Å². The molecular weight excluding hydrogens is 464 g/mol. The first kappa shape index (κ1) is 24.1. The van der Waals surface area contributed by atoms with Crippen molar-refractivity contribution in [2.24, 2.45) is 0 Å². The van der Waals surface area contributed by atoms with E-state index in [1.54, 1.807) is 31.2 Å². The summed E-state index contributed by atoms with van der Waals surface area (Å²) in [5.41, 5.74) is 2.42. The molecular formula is C27H24N2O5S. The highest BCUT2D eigenvalue weighted by Crippen LogP contribution is 2.33. The largest absolute Gasteiger partial charge is 0.488 e. The third kappa shape index (κ3) is 6.30. The molecule has 1 aromatic heterocycles. The van der Waals surface area contributed by atoms with E-state index >= 15 is 0 Å². The van der Waals surface area contributed by atoms with E-state index in [1.807, 2.05) is 61.5 Å². The number of para-hydroxylation sites is 2. The summed E-state index contributed by atoms with van der Waals surface area (Å²) in [5, 5.41) is 6.73. The Morgan fingerprint density at radius 2 is 1.66 bits per heavy atom. The number of esters is 1. The molecule has 0 aliphatic heterocycles. The van der Waals surface area contributed by atoms with E-state index in [4.69, 9.17) is 14.0 Å². The molecule has 0 aliphatic carbocycles. The van der Waals surface area contributed by atoms with Crippen LogP contribution in [-0.2, 0) is 16.1 Å². The van der Waals surface area contributed by atoms with Crippen molar-refractivity contribution in [2.75, 3.05) is 11.9 Å². The molecule has 0 bridgehead atoms. The maximum absolute atomic E-state index is 12.7. The first-order chi connectivity index (χ1) is 17.0. The van der Waals surface area contributed by atoms with E-state index in [0.29, 0.717) is 17.2 Å². The highest BCUT2D eigenvalue weighted by atomic mass is 32.2. The average Bonchev–Trinajstić information content (AvgIpc) is 3.20. The van der Waals surface area contributed by atoms with E-state index in [1.165, 1.54) is 11.8 Å². The highest BCUT2D eigenvalue weighted by molar-refractivity contribution is 7.99. The van der Waals surface area contributed by atoms with E-state index in [0.717, 1.165) is 21.0 Å². The molecule has 1 N–H and O–H groups in total. The van der Waals surface area contributed by atoms with E-state index in [-0.39, 0.29) is 12.2 Å². The minimum atomic E-state index is -0.651. The zero-order valence-electron chi connectivity index (χ0n) is 19.3. The smallest absolute Gasteiger partial charge is 0.342 e. The fourth-order valence-corrected chi connectivity index (χ4v) is 4.21. The van der Waals surface area contributed by atoms with Gasteiger partial charge in [-0.1, -0.05) is 59.4 Å². The maximum atomic E-state index is 12.7. The number of nitrogens with one attached hydrogen (secondary N) is 1. The molecule has 4 rings (SSSR count). The van der Waals surface area contributed by atoms with E-state index in [9.17, 15) is 9.59 Å². The Bertz CT molecular complexity index is 1300. The molecule has 8 heteroatoms. The van der Waals surface area contributed by atoms with Crippen LogP contribution in [0.5, 0.6) is 5.75 Å². The maximum Gasteiger partial charge on any atom is 0.342 e. The van der Waals surface area contributed by atoms with Gasteiger partial charge >= 0.3 is 5.97 Å². The van der Waals surface area contributed by atoms with Gasteiger partial charge in [-0.2, -0.15) is 0 Å². The van der Waals surface area contributed by atoms with E-state index in [2.05, 4.69) is 10.5 Å². The van der Waals surface area contributed by atoms with Crippen molar-refractivity contribution >= 4 is 29.3 Å². The number of aromatic nitrogens is 1. The van der Waals surface area contributed by atoms with Crippen molar-refractivity contribution in [1.82, 2.24) is 5.16 Å². The first-order valence-electron chi connectivity index (χ1n) is 10.9. The lowest BCUT2D eigenvalue weighted by Gasteiger charge is -2.12. The number of nitrogens with zero attached hydrogens (tertiary/aromatic N) is 1. The number of hydrogen-bond acceptors (Lipinski definition) is 7. The van der Waals surface area contributed by atoms with Crippen molar-refractivity contribution < 1.29 is 23.6 Å². The fourth-order valence-electron chi connectivity index (χ4n) is 3.29. The summed E-state index contributed by atoms with van der Waals surface area (Å²) in [6, 6.07) is 24.1. The van der Waals surface area contributed by atoms with Crippen molar-refractivity contribution in [3.05, 3.63) is 101 Å². The molecule has 0 aliphatic rings. The quantitative estimate of drug-likeness (QED) is 0.297. The second kappa shape index (κ2) is 11.4. The summed E-state index contributed by atoms with van der Waals surface area (Å²) in [5.74, 6) is -0.0810. The summed E-state index contributed by atoms with van der Waals surface area (Å²) >= 11 is 1.54. The number of carbonyl (C=O) groups excluding carboxylic acids is 2. The third-order valence-corrected chi connectivity index (χ3v) is 6.21. The number of aryl methyl sites for hydroxylation is 2. The third-order valence-electron chi connectivity index (χ3n) is 5.13. The minimum Gasteiger partial charge on any atom is -0.488 e. The molecule has 7 nitrogen and oxygen atoms in total. The zero-order chi connectivity index (χ0) is 24.6. The molecule has 0 fully saturated rings. The lowest BCUT2D eigenvalue weighted by Crippen LogP contribution is -2.21. The van der Waals surface area contributed by atoms with Gasteiger partial charge < -0.3 is 19.3 Å². The van der Waals surface area contributed by atoms with Crippen molar-refractivity contribution in [3.8, 4) is 5.75 Å². The second-order valence-corrected chi connectivity index (χ2v) is 8.74. The molecule has 0 radical (unpaired) electrons. The number of anilines is 1. The second-order valence-electron chi connectivity index (χ2n) is 7.62. The monoisotopic (exact) mass is 488 g/mol. The van der Waals surface area contributed by atoms with Crippen LogP contribution in [0.4, 0.5) is 5.69 Å². The van der Waals surface area contributed by atoms with Crippen LogP contribution in [0.2, 0.25) is 0 Å². The van der Waals surface area contributed by atoms with Gasteiger partial charge in [0.1, 0.15) is 23.7 Å². The van der Waals surface area contributed by atoms with Crippen molar-refractivity contribution in [3.63, 3.8) is 0 Å². The molecule has 0 spiro atoms. The molecule has 0 atom stereocenters. The topological polar surface area (TPSA) is 90.7 Å². The average molecular weight is 489 g/mol. The van der Waals surface area contributed by atoms with Crippen LogP contribution in [0.15, 0.2) is 93.2 Å². The molecule has 0 saturated heterocycles. The standard InChI is InChI=1S/C27H24N2O5S/c1-18-22(19(2)34-29-18)16-32-24-14-8-6-12-21(24)27(31)33-17-26(30)28-23-13-7-9-15-25(23)35-20-10-4-3-5-11-20/h3-15H,16-17H2,1-2H3,(H,28,30). The van der Waals surface area contributed by atoms with Crippen LogP contribution in [0.3, 0.4) is 0 Å². The normalized spacial score (nSPS) is 10.6. The summed E-state index contributed by atoms with van der Waals surface area (Å²) in [6.45, 7) is 3.39.